The third kappa shape index (κ3) is 7.93. The zero-order valence-electron chi connectivity index (χ0n) is 18.7. The SMILES string of the molecule is Cl/C(=C\c1ccc(Br)cc1)c1ccc(COCc2ccc(/C(Cl)=C/c3ccc(Br)cc3)cc2)cc1. The molecule has 0 spiro atoms. The Hall–Kier alpha value is -2.14. The van der Waals surface area contributed by atoms with Gasteiger partial charge >= 0.3 is 0 Å². The molecule has 0 amide bonds. The predicted octanol–water partition coefficient (Wildman–Crippen LogP) is 10.4. The summed E-state index contributed by atoms with van der Waals surface area (Å²) >= 11 is 19.9. The second-order valence-corrected chi connectivity index (χ2v) is 10.6. The molecule has 4 rings (SSSR count). The number of ether oxygens (including phenoxy) is 1. The normalized spacial score (nSPS) is 12.1. The lowest BCUT2D eigenvalue weighted by atomic mass is 10.1. The molecule has 1 nitrogen and oxygen atoms in total. The first-order valence-electron chi connectivity index (χ1n) is 11.0. The Kier molecular flexibility index (Phi) is 9.42. The maximum Gasteiger partial charge on any atom is 0.0721 e. The molecule has 0 unspecified atom stereocenters. The van der Waals surface area contributed by atoms with Gasteiger partial charge in [0.2, 0.25) is 0 Å². The molecule has 0 N–H and O–H groups in total. The van der Waals surface area contributed by atoms with Crippen LogP contribution in [0.15, 0.2) is 106 Å². The Morgan fingerprint density at radius 1 is 0.543 bits per heavy atom. The van der Waals surface area contributed by atoms with Gasteiger partial charge in [-0.25, -0.2) is 0 Å². The van der Waals surface area contributed by atoms with Gasteiger partial charge in [-0.15, -0.1) is 0 Å². The van der Waals surface area contributed by atoms with Gasteiger partial charge in [-0.05, 0) is 69.8 Å². The van der Waals surface area contributed by atoms with E-state index in [1.165, 1.54) is 0 Å². The fraction of sp³-hybridized carbons (Fsp3) is 0.0667. The molecule has 0 heterocycles. The summed E-state index contributed by atoms with van der Waals surface area (Å²) in [4.78, 5) is 0. The zero-order chi connectivity index (χ0) is 24.6. The van der Waals surface area contributed by atoms with E-state index in [9.17, 15) is 0 Å². The lowest BCUT2D eigenvalue weighted by molar-refractivity contribution is 0.107. The fourth-order valence-corrected chi connectivity index (χ4v) is 4.42. The van der Waals surface area contributed by atoms with Gasteiger partial charge in [0.15, 0.2) is 0 Å². The highest BCUT2D eigenvalue weighted by Gasteiger charge is 2.03. The molecule has 4 aromatic carbocycles. The van der Waals surface area contributed by atoms with Crippen molar-refractivity contribution in [2.75, 3.05) is 0 Å². The minimum absolute atomic E-state index is 0.528. The first-order valence-corrected chi connectivity index (χ1v) is 13.3. The van der Waals surface area contributed by atoms with Gasteiger partial charge in [-0.2, -0.15) is 0 Å². The van der Waals surface area contributed by atoms with E-state index in [0.717, 1.165) is 42.3 Å². The predicted molar refractivity (Wildman–Crippen MR) is 157 cm³/mol. The van der Waals surface area contributed by atoms with E-state index in [1.807, 2.05) is 109 Å². The average Bonchev–Trinajstić information content (AvgIpc) is 2.87. The summed E-state index contributed by atoms with van der Waals surface area (Å²) in [5.41, 5.74) is 6.25. The Bertz CT molecular complexity index is 1200. The van der Waals surface area contributed by atoms with Crippen LogP contribution < -0.4 is 0 Å². The molecule has 176 valence electrons. The monoisotopic (exact) mass is 626 g/mol. The van der Waals surface area contributed by atoms with Gasteiger partial charge in [0, 0.05) is 19.0 Å². The Labute approximate surface area is 233 Å². The quantitative estimate of drug-likeness (QED) is 0.176. The van der Waals surface area contributed by atoms with Crippen LogP contribution in [0, 0.1) is 0 Å². The lowest BCUT2D eigenvalue weighted by Crippen LogP contribution is -1.94. The Morgan fingerprint density at radius 3 is 1.23 bits per heavy atom. The highest BCUT2D eigenvalue weighted by molar-refractivity contribution is 9.10. The van der Waals surface area contributed by atoms with Gasteiger partial charge in [-0.1, -0.05) is 128 Å². The third-order valence-electron chi connectivity index (χ3n) is 5.32. The number of halogens is 4. The van der Waals surface area contributed by atoms with Gasteiger partial charge < -0.3 is 4.74 Å². The minimum atomic E-state index is 0.528. The van der Waals surface area contributed by atoms with Crippen molar-refractivity contribution in [2.24, 2.45) is 0 Å². The minimum Gasteiger partial charge on any atom is -0.372 e. The maximum atomic E-state index is 6.51. The summed E-state index contributed by atoms with van der Waals surface area (Å²) in [6.45, 7) is 1.06. The summed E-state index contributed by atoms with van der Waals surface area (Å²) in [6.07, 6.45) is 3.92. The smallest absolute Gasteiger partial charge is 0.0721 e. The van der Waals surface area contributed by atoms with Crippen molar-refractivity contribution in [1.82, 2.24) is 0 Å². The summed E-state index contributed by atoms with van der Waals surface area (Å²) in [5, 5.41) is 1.40. The molecule has 0 radical (unpaired) electrons. The van der Waals surface area contributed by atoms with Crippen LogP contribution in [0.3, 0.4) is 0 Å². The Morgan fingerprint density at radius 2 is 0.886 bits per heavy atom. The zero-order valence-corrected chi connectivity index (χ0v) is 23.4. The number of hydrogen-bond acceptors (Lipinski definition) is 1. The molecule has 0 aromatic heterocycles. The number of rotatable bonds is 8. The van der Waals surface area contributed by atoms with Crippen LogP contribution in [0.2, 0.25) is 0 Å². The summed E-state index contributed by atoms with van der Waals surface area (Å²) in [5.74, 6) is 0. The first-order chi connectivity index (χ1) is 17.0. The lowest BCUT2D eigenvalue weighted by Gasteiger charge is -2.07. The second-order valence-electron chi connectivity index (χ2n) is 7.97. The summed E-state index contributed by atoms with van der Waals surface area (Å²) < 4.78 is 8.01. The van der Waals surface area contributed by atoms with Crippen LogP contribution in [0.1, 0.15) is 33.4 Å². The molecule has 0 atom stereocenters. The topological polar surface area (TPSA) is 9.23 Å². The molecule has 5 heteroatoms. The molecule has 0 aliphatic rings. The van der Waals surface area contributed by atoms with Crippen molar-refractivity contribution in [3.63, 3.8) is 0 Å². The van der Waals surface area contributed by atoms with E-state index in [2.05, 4.69) is 31.9 Å². The van der Waals surface area contributed by atoms with Gasteiger partial charge in [0.1, 0.15) is 0 Å². The van der Waals surface area contributed by atoms with Crippen LogP contribution in [0.25, 0.3) is 22.2 Å². The first kappa shape index (κ1) is 25.9. The van der Waals surface area contributed by atoms with Crippen molar-refractivity contribution in [1.29, 1.82) is 0 Å². The van der Waals surface area contributed by atoms with Crippen LogP contribution in [-0.2, 0) is 18.0 Å². The second kappa shape index (κ2) is 12.7. The molecule has 0 fully saturated rings. The number of hydrogen-bond donors (Lipinski definition) is 0. The van der Waals surface area contributed by atoms with E-state index >= 15 is 0 Å². The average molecular weight is 629 g/mol. The van der Waals surface area contributed by atoms with Crippen LogP contribution >= 0.6 is 55.1 Å². The molecule has 0 aliphatic carbocycles. The molecule has 35 heavy (non-hydrogen) atoms. The largest absolute Gasteiger partial charge is 0.372 e. The third-order valence-corrected chi connectivity index (χ3v) is 7.04. The highest BCUT2D eigenvalue weighted by atomic mass is 79.9. The summed E-state index contributed by atoms with van der Waals surface area (Å²) in [7, 11) is 0. The van der Waals surface area contributed by atoms with Crippen molar-refractivity contribution in [2.45, 2.75) is 13.2 Å². The molecular formula is C30H22Br2Cl2O. The maximum absolute atomic E-state index is 6.51. The van der Waals surface area contributed by atoms with E-state index in [-0.39, 0.29) is 0 Å². The summed E-state index contributed by atoms with van der Waals surface area (Å²) in [6, 6.07) is 32.3. The van der Waals surface area contributed by atoms with Crippen molar-refractivity contribution < 1.29 is 4.74 Å². The van der Waals surface area contributed by atoms with Gasteiger partial charge in [-0.3, -0.25) is 0 Å². The standard InChI is InChI=1S/C30H22Br2Cl2O/c31-27-13-5-21(6-14-27)17-29(33)25-9-1-23(2-10-25)19-35-20-24-3-11-26(12-4-24)30(34)18-22-7-15-28(32)16-8-22/h1-18H,19-20H2/b29-17-,30-18-. The van der Waals surface area contributed by atoms with Gasteiger partial charge in [0.25, 0.3) is 0 Å². The molecule has 0 saturated carbocycles. The molecule has 0 saturated heterocycles. The van der Waals surface area contributed by atoms with Crippen molar-refractivity contribution in [3.05, 3.63) is 139 Å². The van der Waals surface area contributed by atoms with Gasteiger partial charge in [0.05, 0.1) is 13.2 Å². The van der Waals surface area contributed by atoms with Crippen molar-refractivity contribution in [3.8, 4) is 0 Å². The van der Waals surface area contributed by atoms with E-state index in [0.29, 0.717) is 23.3 Å². The fourth-order valence-electron chi connectivity index (χ4n) is 3.38. The van der Waals surface area contributed by atoms with Crippen LogP contribution in [0.4, 0.5) is 0 Å². The molecule has 4 aromatic rings. The van der Waals surface area contributed by atoms with Crippen LogP contribution in [-0.4, -0.2) is 0 Å². The van der Waals surface area contributed by atoms with Crippen molar-refractivity contribution >= 4 is 77.3 Å². The molecule has 0 aliphatic heterocycles. The van der Waals surface area contributed by atoms with Crippen LogP contribution in [0.5, 0.6) is 0 Å². The molecular weight excluding hydrogens is 607 g/mol. The van der Waals surface area contributed by atoms with E-state index in [4.69, 9.17) is 27.9 Å². The van der Waals surface area contributed by atoms with E-state index < -0.39 is 0 Å². The highest BCUT2D eigenvalue weighted by Crippen LogP contribution is 2.25. The van der Waals surface area contributed by atoms with E-state index in [1.54, 1.807) is 0 Å². The molecule has 0 bridgehead atoms. The Balaban J connectivity index is 1.29. The number of benzene rings is 4.